The van der Waals surface area contributed by atoms with Crippen LogP contribution in [0.2, 0.25) is 0 Å². The lowest BCUT2D eigenvalue weighted by Crippen LogP contribution is -2.68. The number of aliphatic hydroxyl groups is 3. The van der Waals surface area contributed by atoms with E-state index >= 15 is 0 Å². The topological polar surface area (TPSA) is 234 Å². The molecule has 16 nitrogen and oxygen atoms in total. The highest BCUT2D eigenvalue weighted by Gasteiger charge is 2.58. The van der Waals surface area contributed by atoms with Gasteiger partial charge in [0.15, 0.2) is 11.4 Å². The van der Waals surface area contributed by atoms with E-state index in [1.807, 2.05) is 12.1 Å². The quantitative estimate of drug-likeness (QED) is 0.184. The normalized spacial score (nSPS) is 27.2. The number of amides is 3. The Hall–Kier alpha value is -4.32. The van der Waals surface area contributed by atoms with E-state index < -0.39 is 103 Å². The number of carboxylic acids is 1. The number of phenols is 1. The zero-order valence-corrected chi connectivity index (χ0v) is 32.4. The van der Waals surface area contributed by atoms with Crippen LogP contribution in [0, 0.1) is 13.8 Å². The SMILES string of the molecule is CC(=O)N[C@H]1[C@H]([C@H](O)[C@H](O)CNC(=O)c2cc(C)c(O)c(C)c2)O[C@@](CC2OC(C)(C)O[C@H]2c2ccc3c(c2)N(C(=O)OC(C)(C)C)CC3)(C(=O)O)C[C@@H]1O. The minimum atomic E-state index is -2.23. The zero-order chi connectivity index (χ0) is 40.8. The van der Waals surface area contributed by atoms with Gasteiger partial charge in [0.1, 0.15) is 29.7 Å². The number of carbonyl (C=O) groups is 4. The van der Waals surface area contributed by atoms with Crippen molar-refractivity contribution in [1.29, 1.82) is 0 Å². The second-order valence-electron chi connectivity index (χ2n) is 16.2. The first-order valence-electron chi connectivity index (χ1n) is 18.3. The fraction of sp³-hybridized carbons (Fsp3) is 0.590. The first kappa shape index (κ1) is 41.8. The summed E-state index contributed by atoms with van der Waals surface area (Å²) in [4.78, 5) is 53.0. The monoisotopic (exact) mass is 771 g/mol. The van der Waals surface area contributed by atoms with Gasteiger partial charge in [-0.15, -0.1) is 0 Å². The van der Waals surface area contributed by atoms with Crippen LogP contribution in [0.15, 0.2) is 30.3 Å². The molecule has 2 aromatic rings. The average Bonchev–Trinajstić information content (AvgIpc) is 3.64. The van der Waals surface area contributed by atoms with Crippen molar-refractivity contribution in [2.24, 2.45) is 0 Å². The maximum atomic E-state index is 13.2. The number of carboxylic acid groups (broad SMARTS) is 1. The molecule has 0 aliphatic carbocycles. The molecule has 3 amide bonds. The summed E-state index contributed by atoms with van der Waals surface area (Å²) in [7, 11) is 0. The van der Waals surface area contributed by atoms with Crippen LogP contribution in [0.25, 0.3) is 0 Å². The average molecular weight is 772 g/mol. The molecule has 7 N–H and O–H groups in total. The van der Waals surface area contributed by atoms with Crippen molar-refractivity contribution < 1.29 is 63.7 Å². The van der Waals surface area contributed by atoms with Crippen LogP contribution in [0.1, 0.15) is 93.1 Å². The smallest absolute Gasteiger partial charge is 0.414 e. The van der Waals surface area contributed by atoms with Gasteiger partial charge in [-0.3, -0.25) is 14.5 Å². The fourth-order valence-corrected chi connectivity index (χ4v) is 7.52. The number of phenolic OH excluding ortho intramolecular Hbond substituents is 1. The molecule has 0 bridgehead atoms. The lowest BCUT2D eigenvalue weighted by atomic mass is 9.79. The largest absolute Gasteiger partial charge is 0.507 e. The predicted octanol–water partition coefficient (Wildman–Crippen LogP) is 2.52. The van der Waals surface area contributed by atoms with Crippen molar-refractivity contribution in [3.8, 4) is 5.75 Å². The zero-order valence-electron chi connectivity index (χ0n) is 32.4. The van der Waals surface area contributed by atoms with E-state index in [1.165, 1.54) is 24.0 Å². The third-order valence-corrected chi connectivity index (χ3v) is 10.0. The van der Waals surface area contributed by atoms with E-state index in [4.69, 9.17) is 18.9 Å². The maximum absolute atomic E-state index is 13.2. The van der Waals surface area contributed by atoms with Crippen LogP contribution in [0.3, 0.4) is 0 Å². The number of aryl methyl sites for hydroxylation is 2. The molecule has 8 atom stereocenters. The Balaban J connectivity index is 1.40. The van der Waals surface area contributed by atoms with Crippen molar-refractivity contribution in [2.75, 3.05) is 18.0 Å². The minimum Gasteiger partial charge on any atom is -0.507 e. The molecular weight excluding hydrogens is 718 g/mol. The maximum Gasteiger partial charge on any atom is 0.414 e. The highest BCUT2D eigenvalue weighted by Crippen LogP contribution is 2.46. The van der Waals surface area contributed by atoms with Crippen LogP contribution in [0.4, 0.5) is 10.5 Å². The third kappa shape index (κ3) is 9.22. The molecule has 2 fully saturated rings. The molecule has 16 heteroatoms. The van der Waals surface area contributed by atoms with E-state index in [9.17, 15) is 44.7 Å². The summed E-state index contributed by atoms with van der Waals surface area (Å²) >= 11 is 0. The third-order valence-electron chi connectivity index (χ3n) is 10.0. The van der Waals surface area contributed by atoms with E-state index in [1.54, 1.807) is 54.5 Å². The number of fused-ring (bicyclic) bond motifs is 1. The van der Waals surface area contributed by atoms with Crippen LogP contribution in [-0.4, -0.2) is 116 Å². The van der Waals surface area contributed by atoms with Crippen LogP contribution >= 0.6 is 0 Å². The molecule has 1 unspecified atom stereocenters. The summed E-state index contributed by atoms with van der Waals surface area (Å²) < 4.78 is 24.4. The Morgan fingerprint density at radius 1 is 1.04 bits per heavy atom. The van der Waals surface area contributed by atoms with Crippen LogP contribution in [0.5, 0.6) is 5.75 Å². The predicted molar refractivity (Wildman–Crippen MR) is 197 cm³/mol. The standard InChI is InChI=1S/C39H53N3O13/c1-19-13-24(14-20(2)30(19)46)34(48)40-18-27(45)31(47)33-29(41-21(3)43)26(44)16-39(54-33,35(49)50)17-28-32(53-38(7,8)52-28)23-10-9-22-11-12-42(25(22)15-23)36(51)55-37(4,5)6/h9-10,13-15,26-29,31-33,44-47H,11-12,16-18H2,1-8H3,(H,40,48)(H,41,43)(H,49,50)/t26-,27+,28?,29+,31+,32-,33+,39-/m0/s1. The molecular formula is C39H53N3O13. The number of hydrogen-bond acceptors (Lipinski definition) is 12. The Morgan fingerprint density at radius 3 is 2.29 bits per heavy atom. The van der Waals surface area contributed by atoms with Gasteiger partial charge in [-0.2, -0.15) is 0 Å². The number of rotatable bonds is 10. The molecule has 5 rings (SSSR count). The van der Waals surface area contributed by atoms with Crippen molar-refractivity contribution in [1.82, 2.24) is 10.6 Å². The minimum absolute atomic E-state index is 0.0347. The number of ether oxygens (including phenoxy) is 4. The van der Waals surface area contributed by atoms with E-state index in [2.05, 4.69) is 10.6 Å². The van der Waals surface area contributed by atoms with Gasteiger partial charge in [-0.05, 0) is 95.3 Å². The molecule has 3 aliphatic rings. The molecule has 3 heterocycles. The molecule has 0 aromatic heterocycles. The summed E-state index contributed by atoms with van der Waals surface area (Å²) in [6.45, 7) is 13.0. The number of nitrogens with one attached hydrogen (secondary N) is 2. The summed E-state index contributed by atoms with van der Waals surface area (Å²) in [6, 6.07) is 7.02. The van der Waals surface area contributed by atoms with Gasteiger partial charge in [0, 0.05) is 38.4 Å². The Labute approximate surface area is 319 Å². The number of benzene rings is 2. The van der Waals surface area contributed by atoms with Crippen molar-refractivity contribution >= 4 is 29.6 Å². The number of nitrogens with zero attached hydrogens (tertiary/aromatic N) is 1. The molecule has 0 saturated carbocycles. The number of aliphatic hydroxyl groups excluding tert-OH is 3. The van der Waals surface area contributed by atoms with E-state index in [-0.39, 0.29) is 11.3 Å². The van der Waals surface area contributed by atoms with E-state index in [0.717, 1.165) is 5.56 Å². The number of carbonyl (C=O) groups excluding carboxylic acids is 3. The van der Waals surface area contributed by atoms with Crippen molar-refractivity contribution in [2.45, 2.75) is 134 Å². The van der Waals surface area contributed by atoms with Crippen LogP contribution in [-0.2, 0) is 35.0 Å². The summed E-state index contributed by atoms with van der Waals surface area (Å²) in [6.07, 6.45) is -9.63. The van der Waals surface area contributed by atoms with Gasteiger partial charge < -0.3 is 55.1 Å². The Bertz CT molecular complexity index is 1790. The van der Waals surface area contributed by atoms with Gasteiger partial charge in [0.25, 0.3) is 5.91 Å². The van der Waals surface area contributed by atoms with Crippen LogP contribution < -0.4 is 15.5 Å². The second kappa shape index (κ2) is 15.7. The first-order chi connectivity index (χ1) is 25.5. The first-order valence-corrected chi connectivity index (χ1v) is 18.3. The molecule has 2 aromatic carbocycles. The lowest BCUT2D eigenvalue weighted by Gasteiger charge is -2.48. The molecule has 3 aliphatic heterocycles. The second-order valence-corrected chi connectivity index (χ2v) is 16.2. The molecule has 302 valence electrons. The molecule has 0 spiro atoms. The number of aliphatic carboxylic acids is 1. The van der Waals surface area contributed by atoms with Gasteiger partial charge in [-0.25, -0.2) is 9.59 Å². The number of hydrogen-bond donors (Lipinski definition) is 7. The number of aromatic hydroxyl groups is 1. The van der Waals surface area contributed by atoms with Gasteiger partial charge in [0.2, 0.25) is 5.91 Å². The molecule has 2 saturated heterocycles. The van der Waals surface area contributed by atoms with Crippen molar-refractivity contribution in [3.05, 3.63) is 58.1 Å². The molecule has 0 radical (unpaired) electrons. The summed E-state index contributed by atoms with van der Waals surface area (Å²) in [5.41, 5.74) is 0.278. The molecule has 55 heavy (non-hydrogen) atoms. The Kier molecular flexibility index (Phi) is 11.9. The van der Waals surface area contributed by atoms with Gasteiger partial charge in [0.05, 0.1) is 30.0 Å². The highest BCUT2D eigenvalue weighted by atomic mass is 16.8. The Morgan fingerprint density at radius 2 is 1.69 bits per heavy atom. The highest BCUT2D eigenvalue weighted by molar-refractivity contribution is 5.95. The fourth-order valence-electron chi connectivity index (χ4n) is 7.52. The van der Waals surface area contributed by atoms with Gasteiger partial charge in [-0.1, -0.05) is 12.1 Å². The van der Waals surface area contributed by atoms with Crippen molar-refractivity contribution in [3.63, 3.8) is 0 Å². The summed E-state index contributed by atoms with van der Waals surface area (Å²) in [5, 5.41) is 59.8. The lowest BCUT2D eigenvalue weighted by molar-refractivity contribution is -0.236. The number of anilines is 1. The van der Waals surface area contributed by atoms with E-state index in [0.29, 0.717) is 35.3 Å². The van der Waals surface area contributed by atoms with Gasteiger partial charge >= 0.3 is 12.1 Å². The summed E-state index contributed by atoms with van der Waals surface area (Å²) in [5.74, 6) is -3.89.